The van der Waals surface area contributed by atoms with Crippen LogP contribution in [0, 0.1) is 0 Å². The van der Waals surface area contributed by atoms with Crippen LogP contribution in [0.1, 0.15) is 39.0 Å². The number of thioether (sulfide) groups is 1. The Morgan fingerprint density at radius 3 is 3.00 bits per heavy atom. The van der Waals surface area contributed by atoms with Gasteiger partial charge in [-0.05, 0) is 25.0 Å². The average molecular weight is 231 g/mol. The molecule has 1 heterocycles. The Balaban J connectivity index is 2.31. The zero-order chi connectivity index (χ0) is 11.1. The summed E-state index contributed by atoms with van der Waals surface area (Å²) in [6.45, 7) is 2.09. The van der Waals surface area contributed by atoms with E-state index in [2.05, 4.69) is 12.2 Å². The van der Waals surface area contributed by atoms with Gasteiger partial charge < -0.3 is 10.4 Å². The predicted octanol–water partition coefficient (Wildman–Crippen LogP) is 2.11. The Morgan fingerprint density at radius 2 is 2.47 bits per heavy atom. The fourth-order valence-corrected chi connectivity index (χ4v) is 2.93. The molecule has 1 aliphatic rings. The van der Waals surface area contributed by atoms with E-state index < -0.39 is 5.97 Å². The number of nitrogens with one attached hydrogen (secondary N) is 1. The molecule has 0 aromatic rings. The van der Waals surface area contributed by atoms with Crippen molar-refractivity contribution in [3.63, 3.8) is 0 Å². The molecule has 4 heteroatoms. The average Bonchev–Trinajstić information content (AvgIpc) is 2.25. The summed E-state index contributed by atoms with van der Waals surface area (Å²) in [5, 5.41) is 12.3. The quantitative estimate of drug-likeness (QED) is 0.735. The van der Waals surface area contributed by atoms with Gasteiger partial charge in [0.05, 0.1) is 0 Å². The van der Waals surface area contributed by atoms with E-state index in [-0.39, 0.29) is 6.04 Å². The van der Waals surface area contributed by atoms with E-state index in [0.717, 1.165) is 31.4 Å². The highest BCUT2D eigenvalue weighted by Gasteiger charge is 2.22. The second-order valence-electron chi connectivity index (χ2n) is 4.11. The van der Waals surface area contributed by atoms with Crippen LogP contribution in [0.3, 0.4) is 0 Å². The Bertz CT molecular complexity index is 193. The van der Waals surface area contributed by atoms with Gasteiger partial charge in [0.25, 0.3) is 0 Å². The Morgan fingerprint density at radius 1 is 1.67 bits per heavy atom. The topological polar surface area (TPSA) is 49.3 Å². The molecule has 0 bridgehead atoms. The van der Waals surface area contributed by atoms with Gasteiger partial charge in [0.2, 0.25) is 0 Å². The van der Waals surface area contributed by atoms with Crippen LogP contribution < -0.4 is 5.32 Å². The van der Waals surface area contributed by atoms with Gasteiger partial charge >= 0.3 is 5.97 Å². The molecule has 2 atom stereocenters. The summed E-state index contributed by atoms with van der Waals surface area (Å²) in [4.78, 5) is 11.0. The third kappa shape index (κ3) is 4.89. The summed E-state index contributed by atoms with van der Waals surface area (Å²) in [5.74, 6) is 1.60. The predicted molar refractivity (Wildman–Crippen MR) is 64.4 cm³/mol. The molecule has 2 unspecified atom stereocenters. The fourth-order valence-electron chi connectivity index (χ4n) is 1.84. The van der Waals surface area contributed by atoms with E-state index in [1.165, 1.54) is 12.2 Å². The van der Waals surface area contributed by atoms with E-state index in [1.807, 2.05) is 11.8 Å². The smallest absolute Gasteiger partial charge is 0.320 e. The summed E-state index contributed by atoms with van der Waals surface area (Å²) in [7, 11) is 0. The molecule has 88 valence electrons. The van der Waals surface area contributed by atoms with Gasteiger partial charge in [-0.2, -0.15) is 11.8 Å². The van der Waals surface area contributed by atoms with Crippen LogP contribution in [0.4, 0.5) is 0 Å². The molecule has 0 aliphatic carbocycles. The lowest BCUT2D eigenvalue weighted by Crippen LogP contribution is -2.45. The maximum atomic E-state index is 11.0. The van der Waals surface area contributed by atoms with Crippen molar-refractivity contribution in [3.05, 3.63) is 0 Å². The van der Waals surface area contributed by atoms with Gasteiger partial charge in [0.15, 0.2) is 0 Å². The van der Waals surface area contributed by atoms with E-state index >= 15 is 0 Å². The van der Waals surface area contributed by atoms with Gasteiger partial charge in [-0.15, -0.1) is 0 Å². The number of rotatable bonds is 6. The summed E-state index contributed by atoms with van der Waals surface area (Å²) in [5.41, 5.74) is 0. The minimum atomic E-state index is -0.695. The number of aliphatic carboxylic acids is 1. The molecule has 0 saturated carbocycles. The first-order valence-electron chi connectivity index (χ1n) is 5.80. The van der Waals surface area contributed by atoms with Gasteiger partial charge in [-0.3, -0.25) is 4.79 Å². The van der Waals surface area contributed by atoms with Crippen molar-refractivity contribution in [2.24, 2.45) is 0 Å². The monoisotopic (exact) mass is 231 g/mol. The number of hydrogen-bond acceptors (Lipinski definition) is 3. The largest absolute Gasteiger partial charge is 0.480 e. The van der Waals surface area contributed by atoms with Gasteiger partial charge in [-0.25, -0.2) is 0 Å². The normalized spacial score (nSPS) is 23.7. The molecule has 0 aromatic heterocycles. The highest BCUT2D eigenvalue weighted by atomic mass is 32.2. The Hall–Kier alpha value is -0.220. The lowest BCUT2D eigenvalue weighted by molar-refractivity contribution is -0.139. The Labute approximate surface area is 96.0 Å². The number of unbranched alkanes of at least 4 members (excludes halogenated alkanes) is 1. The van der Waals surface area contributed by atoms with Crippen LogP contribution in [-0.4, -0.2) is 34.7 Å². The molecule has 0 radical (unpaired) electrons. The SMILES string of the molecule is CCCCC(NC1CCCSC1)C(=O)O. The molecule has 0 aromatic carbocycles. The summed E-state index contributed by atoms with van der Waals surface area (Å²) >= 11 is 1.93. The molecule has 15 heavy (non-hydrogen) atoms. The van der Waals surface area contributed by atoms with E-state index in [0.29, 0.717) is 6.04 Å². The maximum absolute atomic E-state index is 11.0. The fraction of sp³-hybridized carbons (Fsp3) is 0.909. The van der Waals surface area contributed by atoms with Crippen molar-refractivity contribution >= 4 is 17.7 Å². The van der Waals surface area contributed by atoms with Crippen molar-refractivity contribution < 1.29 is 9.90 Å². The highest BCUT2D eigenvalue weighted by molar-refractivity contribution is 7.99. The zero-order valence-corrected chi connectivity index (χ0v) is 10.2. The first-order valence-corrected chi connectivity index (χ1v) is 6.96. The summed E-state index contributed by atoms with van der Waals surface area (Å²) < 4.78 is 0. The van der Waals surface area contributed by atoms with E-state index in [9.17, 15) is 4.79 Å². The molecular formula is C11H21NO2S. The van der Waals surface area contributed by atoms with Crippen LogP contribution in [0.25, 0.3) is 0 Å². The van der Waals surface area contributed by atoms with Crippen molar-refractivity contribution in [2.75, 3.05) is 11.5 Å². The van der Waals surface area contributed by atoms with E-state index in [1.54, 1.807) is 0 Å². The molecule has 2 N–H and O–H groups in total. The molecule has 0 amide bonds. The van der Waals surface area contributed by atoms with Gasteiger partial charge in [0.1, 0.15) is 6.04 Å². The minimum absolute atomic E-state index is 0.339. The highest BCUT2D eigenvalue weighted by Crippen LogP contribution is 2.18. The zero-order valence-electron chi connectivity index (χ0n) is 9.37. The molecular weight excluding hydrogens is 210 g/mol. The van der Waals surface area contributed by atoms with Crippen LogP contribution >= 0.6 is 11.8 Å². The first kappa shape index (κ1) is 12.8. The van der Waals surface area contributed by atoms with Gasteiger partial charge in [0, 0.05) is 11.8 Å². The van der Waals surface area contributed by atoms with Crippen molar-refractivity contribution in [1.29, 1.82) is 0 Å². The van der Waals surface area contributed by atoms with Crippen LogP contribution in [0.15, 0.2) is 0 Å². The lowest BCUT2D eigenvalue weighted by Gasteiger charge is -2.26. The Kier molecular flexibility index (Phi) is 6.10. The van der Waals surface area contributed by atoms with Crippen molar-refractivity contribution in [2.45, 2.75) is 51.1 Å². The van der Waals surface area contributed by atoms with Crippen LogP contribution in [-0.2, 0) is 4.79 Å². The number of carboxylic acid groups (broad SMARTS) is 1. The molecule has 1 rings (SSSR count). The van der Waals surface area contributed by atoms with Crippen LogP contribution in [0.2, 0.25) is 0 Å². The summed E-state index contributed by atoms with van der Waals surface area (Å²) in [6.07, 6.45) is 5.15. The lowest BCUT2D eigenvalue weighted by atomic mass is 10.1. The second-order valence-corrected chi connectivity index (χ2v) is 5.26. The third-order valence-electron chi connectivity index (χ3n) is 2.74. The van der Waals surface area contributed by atoms with Gasteiger partial charge in [-0.1, -0.05) is 19.8 Å². The summed E-state index contributed by atoms with van der Waals surface area (Å²) in [6, 6.07) is 0.0651. The second kappa shape index (κ2) is 7.12. The van der Waals surface area contributed by atoms with Crippen molar-refractivity contribution in [3.8, 4) is 0 Å². The molecule has 1 fully saturated rings. The number of carbonyl (C=O) groups is 1. The molecule has 1 aliphatic heterocycles. The number of carboxylic acids is 1. The standard InChI is InChI=1S/C11H21NO2S/c1-2-3-6-10(11(13)14)12-9-5-4-7-15-8-9/h9-10,12H,2-8H2,1H3,(H,13,14). The first-order chi connectivity index (χ1) is 7.24. The molecule has 0 spiro atoms. The number of hydrogen-bond donors (Lipinski definition) is 2. The van der Waals surface area contributed by atoms with E-state index in [4.69, 9.17) is 5.11 Å². The third-order valence-corrected chi connectivity index (χ3v) is 3.96. The maximum Gasteiger partial charge on any atom is 0.320 e. The molecule has 3 nitrogen and oxygen atoms in total. The minimum Gasteiger partial charge on any atom is -0.480 e. The van der Waals surface area contributed by atoms with Crippen molar-refractivity contribution in [1.82, 2.24) is 5.32 Å². The van der Waals surface area contributed by atoms with Crippen LogP contribution in [0.5, 0.6) is 0 Å². The molecule has 1 saturated heterocycles.